The number of ether oxygens (including phenoxy) is 1. The molecule has 1 saturated heterocycles. The van der Waals surface area contributed by atoms with Gasteiger partial charge in [-0.15, -0.1) is 11.3 Å². The number of rotatable bonds is 6. The lowest BCUT2D eigenvalue weighted by Crippen LogP contribution is -2.37. The van der Waals surface area contributed by atoms with Gasteiger partial charge in [-0.05, 0) is 50.6 Å². The molecule has 1 fully saturated rings. The molecule has 2 heterocycles. The van der Waals surface area contributed by atoms with Crippen LogP contribution < -0.4 is 5.32 Å². The van der Waals surface area contributed by atoms with Gasteiger partial charge in [-0.3, -0.25) is 9.69 Å². The van der Waals surface area contributed by atoms with Crippen molar-refractivity contribution >= 4 is 22.4 Å². The number of carbonyl (C=O) groups excluding carboxylic acids is 1. The molecule has 0 bridgehead atoms. The second-order valence-corrected chi connectivity index (χ2v) is 7.14. The van der Waals surface area contributed by atoms with Gasteiger partial charge in [-0.2, -0.15) is 0 Å². The zero-order chi connectivity index (χ0) is 17.6. The third-order valence-electron chi connectivity index (χ3n) is 4.09. The lowest BCUT2D eigenvalue weighted by molar-refractivity contribution is -0.117. The van der Waals surface area contributed by atoms with Crippen LogP contribution >= 0.6 is 11.3 Å². The fraction of sp³-hybridized carbons (Fsp3) is 0.444. The number of hydrogen-bond acceptors (Lipinski definition) is 5. The minimum atomic E-state index is -0.280. The number of thiazole rings is 1. The molecular formula is C18H22FN3O2S. The number of carbonyl (C=O) groups is 1. The highest BCUT2D eigenvalue weighted by Gasteiger charge is 2.17. The van der Waals surface area contributed by atoms with Crippen LogP contribution in [0.4, 0.5) is 9.52 Å². The Morgan fingerprint density at radius 3 is 2.92 bits per heavy atom. The third kappa shape index (κ3) is 5.32. The van der Waals surface area contributed by atoms with Gasteiger partial charge in [-0.25, -0.2) is 9.37 Å². The monoisotopic (exact) mass is 363 g/mol. The zero-order valence-corrected chi connectivity index (χ0v) is 15.0. The maximum atomic E-state index is 13.0. The second-order valence-electron chi connectivity index (χ2n) is 6.28. The van der Waals surface area contributed by atoms with E-state index in [1.54, 1.807) is 12.1 Å². The van der Waals surface area contributed by atoms with Crippen LogP contribution in [0.1, 0.15) is 19.3 Å². The van der Waals surface area contributed by atoms with Crippen LogP contribution in [0.2, 0.25) is 0 Å². The van der Waals surface area contributed by atoms with Gasteiger partial charge >= 0.3 is 0 Å². The van der Waals surface area contributed by atoms with Crippen molar-refractivity contribution in [2.75, 3.05) is 32.1 Å². The van der Waals surface area contributed by atoms with Crippen LogP contribution in [-0.4, -0.2) is 48.6 Å². The minimum Gasteiger partial charge on any atom is -0.377 e. The molecule has 7 heteroatoms. The molecule has 2 aromatic rings. The standard InChI is InChI=1S/C18H22FN3O2S/c1-22(10-15-4-2-3-9-24-15)11-17(23)21-18-20-16(12-25-18)13-5-7-14(19)8-6-13/h5-8,12,15H,2-4,9-11H2,1H3,(H,20,21,23). The fourth-order valence-corrected chi connectivity index (χ4v) is 3.59. The van der Waals surface area contributed by atoms with E-state index in [9.17, 15) is 9.18 Å². The van der Waals surface area contributed by atoms with E-state index in [1.165, 1.54) is 29.9 Å². The number of aromatic nitrogens is 1. The molecule has 1 N–H and O–H groups in total. The van der Waals surface area contributed by atoms with Crippen LogP contribution in [0.15, 0.2) is 29.6 Å². The molecule has 1 unspecified atom stereocenters. The topological polar surface area (TPSA) is 54.5 Å². The Kier molecular flexibility index (Phi) is 6.12. The lowest BCUT2D eigenvalue weighted by atomic mass is 10.1. The molecule has 1 aromatic carbocycles. The summed E-state index contributed by atoms with van der Waals surface area (Å²) in [5, 5.41) is 5.22. The summed E-state index contributed by atoms with van der Waals surface area (Å²) >= 11 is 1.36. The second kappa shape index (κ2) is 8.51. The summed E-state index contributed by atoms with van der Waals surface area (Å²) in [4.78, 5) is 18.5. The number of halogens is 1. The molecule has 1 aliphatic rings. The minimum absolute atomic E-state index is 0.0988. The summed E-state index contributed by atoms with van der Waals surface area (Å²) < 4.78 is 18.7. The van der Waals surface area contributed by atoms with Gasteiger partial charge in [-0.1, -0.05) is 0 Å². The van der Waals surface area contributed by atoms with Gasteiger partial charge in [0.25, 0.3) is 0 Å². The van der Waals surface area contributed by atoms with Gasteiger partial charge in [0.1, 0.15) is 5.82 Å². The molecule has 1 aliphatic heterocycles. The molecule has 0 saturated carbocycles. The van der Waals surface area contributed by atoms with Crippen LogP contribution in [-0.2, 0) is 9.53 Å². The van der Waals surface area contributed by atoms with Crippen molar-refractivity contribution in [3.8, 4) is 11.3 Å². The Morgan fingerprint density at radius 1 is 1.40 bits per heavy atom. The Balaban J connectivity index is 1.50. The number of nitrogens with zero attached hydrogens (tertiary/aromatic N) is 2. The zero-order valence-electron chi connectivity index (χ0n) is 14.2. The van der Waals surface area contributed by atoms with E-state index in [4.69, 9.17) is 4.74 Å². The van der Waals surface area contributed by atoms with Gasteiger partial charge in [0.15, 0.2) is 5.13 Å². The maximum absolute atomic E-state index is 13.0. The van der Waals surface area contributed by atoms with Crippen molar-refractivity contribution < 1.29 is 13.9 Å². The number of amides is 1. The predicted molar refractivity (Wildman–Crippen MR) is 97.2 cm³/mol. The van der Waals surface area contributed by atoms with E-state index in [0.29, 0.717) is 11.7 Å². The Labute approximate surface area is 150 Å². The molecule has 1 aromatic heterocycles. The number of likely N-dealkylation sites (N-methyl/N-ethyl adjacent to an activating group) is 1. The molecule has 0 aliphatic carbocycles. The summed E-state index contributed by atoms with van der Waals surface area (Å²) in [6.07, 6.45) is 3.59. The molecular weight excluding hydrogens is 341 g/mol. The Hall–Kier alpha value is -1.83. The molecule has 0 spiro atoms. The first-order valence-electron chi connectivity index (χ1n) is 8.41. The van der Waals surface area contributed by atoms with Crippen LogP contribution in [0.3, 0.4) is 0 Å². The van der Waals surface area contributed by atoms with Crippen LogP contribution in [0, 0.1) is 5.82 Å². The smallest absolute Gasteiger partial charge is 0.240 e. The third-order valence-corrected chi connectivity index (χ3v) is 4.85. The van der Waals surface area contributed by atoms with Crippen LogP contribution in [0.25, 0.3) is 11.3 Å². The Bertz CT molecular complexity index is 699. The Morgan fingerprint density at radius 2 is 2.20 bits per heavy atom. The highest BCUT2D eigenvalue weighted by Crippen LogP contribution is 2.25. The normalized spacial score (nSPS) is 17.6. The number of nitrogens with one attached hydrogen (secondary N) is 1. The van der Waals surface area contributed by atoms with Crippen molar-refractivity contribution in [2.24, 2.45) is 0 Å². The first kappa shape index (κ1) is 18.0. The highest BCUT2D eigenvalue weighted by atomic mass is 32.1. The predicted octanol–water partition coefficient (Wildman–Crippen LogP) is 3.39. The van der Waals surface area contributed by atoms with Gasteiger partial charge in [0.2, 0.25) is 5.91 Å². The molecule has 0 radical (unpaired) electrons. The molecule has 1 atom stereocenters. The van der Waals surface area contributed by atoms with E-state index in [0.717, 1.165) is 37.3 Å². The van der Waals surface area contributed by atoms with E-state index >= 15 is 0 Å². The largest absolute Gasteiger partial charge is 0.377 e. The van der Waals surface area contributed by atoms with Crippen LogP contribution in [0.5, 0.6) is 0 Å². The van der Waals surface area contributed by atoms with Gasteiger partial charge in [0, 0.05) is 24.1 Å². The van der Waals surface area contributed by atoms with E-state index in [1.807, 2.05) is 17.3 Å². The first-order chi connectivity index (χ1) is 12.1. The highest BCUT2D eigenvalue weighted by molar-refractivity contribution is 7.14. The quantitative estimate of drug-likeness (QED) is 0.855. The number of anilines is 1. The van der Waals surface area contributed by atoms with Crippen molar-refractivity contribution in [1.29, 1.82) is 0 Å². The lowest BCUT2D eigenvalue weighted by Gasteiger charge is -2.26. The van der Waals surface area contributed by atoms with E-state index < -0.39 is 0 Å². The summed E-state index contributed by atoms with van der Waals surface area (Å²) in [5.74, 6) is -0.379. The average molecular weight is 363 g/mol. The van der Waals surface area contributed by atoms with Crippen molar-refractivity contribution in [2.45, 2.75) is 25.4 Å². The van der Waals surface area contributed by atoms with Crippen molar-refractivity contribution in [3.05, 3.63) is 35.5 Å². The molecule has 134 valence electrons. The average Bonchev–Trinajstić information content (AvgIpc) is 3.04. The molecule has 25 heavy (non-hydrogen) atoms. The summed E-state index contributed by atoms with van der Waals surface area (Å²) in [7, 11) is 1.92. The summed E-state index contributed by atoms with van der Waals surface area (Å²) in [6.45, 7) is 1.87. The van der Waals surface area contributed by atoms with Gasteiger partial charge < -0.3 is 10.1 Å². The number of benzene rings is 1. The molecule has 5 nitrogen and oxygen atoms in total. The maximum Gasteiger partial charge on any atom is 0.240 e. The summed E-state index contributed by atoms with van der Waals surface area (Å²) in [5.41, 5.74) is 1.55. The summed E-state index contributed by atoms with van der Waals surface area (Å²) in [6, 6.07) is 6.15. The van der Waals surface area contributed by atoms with E-state index in [2.05, 4.69) is 10.3 Å². The van der Waals surface area contributed by atoms with E-state index in [-0.39, 0.29) is 17.8 Å². The first-order valence-corrected chi connectivity index (χ1v) is 9.29. The van der Waals surface area contributed by atoms with Crippen molar-refractivity contribution in [1.82, 2.24) is 9.88 Å². The fourth-order valence-electron chi connectivity index (χ4n) is 2.85. The molecule has 3 rings (SSSR count). The SMILES string of the molecule is CN(CC(=O)Nc1nc(-c2ccc(F)cc2)cs1)CC1CCCCO1. The van der Waals surface area contributed by atoms with Gasteiger partial charge in [0.05, 0.1) is 18.3 Å². The molecule has 1 amide bonds. The van der Waals surface area contributed by atoms with Crippen molar-refractivity contribution in [3.63, 3.8) is 0 Å². The number of hydrogen-bond donors (Lipinski definition) is 1.